The van der Waals surface area contributed by atoms with Crippen LogP contribution in [-0.4, -0.2) is 70.4 Å². The highest BCUT2D eigenvalue weighted by Crippen LogP contribution is 2.31. The Labute approximate surface area is 161 Å². The van der Waals surface area contributed by atoms with Crippen molar-refractivity contribution in [3.05, 3.63) is 23.9 Å². The van der Waals surface area contributed by atoms with E-state index in [0.29, 0.717) is 36.9 Å². The first kappa shape index (κ1) is 20.0. The second-order valence-electron chi connectivity index (χ2n) is 5.77. The van der Waals surface area contributed by atoms with Gasteiger partial charge in [-0.15, -0.1) is 11.3 Å². The summed E-state index contributed by atoms with van der Waals surface area (Å²) in [5, 5.41) is 3.66. The number of aromatic nitrogens is 1. The van der Waals surface area contributed by atoms with Crippen molar-refractivity contribution in [2.75, 3.05) is 46.0 Å². The monoisotopic (exact) mass is 415 g/mol. The largest absolute Gasteiger partial charge is 0.461 e. The maximum Gasteiger partial charge on any atom is 0.360 e. The Morgan fingerprint density at radius 2 is 2.15 bits per heavy atom. The zero-order valence-electron chi connectivity index (χ0n) is 14.8. The van der Waals surface area contributed by atoms with Gasteiger partial charge in [-0.3, -0.25) is 4.90 Å². The summed E-state index contributed by atoms with van der Waals surface area (Å²) in [5.74, 6) is -0.264. The Hall–Kier alpha value is -1.79. The number of esters is 1. The molecule has 0 spiro atoms. The molecule has 2 aromatic heterocycles. The number of hydrogen-bond donors (Lipinski definition) is 1. The summed E-state index contributed by atoms with van der Waals surface area (Å²) in [5.41, 5.74) is 0.0493. The number of nitrogens with one attached hydrogen (secondary N) is 1. The van der Waals surface area contributed by atoms with Crippen LogP contribution in [0.5, 0.6) is 0 Å². The van der Waals surface area contributed by atoms with Crippen molar-refractivity contribution in [2.24, 2.45) is 0 Å². The molecule has 3 rings (SSSR count). The van der Waals surface area contributed by atoms with E-state index in [1.54, 1.807) is 13.0 Å². The second-order valence-corrected chi connectivity index (χ2v) is 8.84. The molecular formula is C16H21N3O6S2. The van der Waals surface area contributed by atoms with Crippen LogP contribution in [0.25, 0.3) is 10.6 Å². The normalized spacial score (nSPS) is 15.7. The number of thiophene rings is 1. The van der Waals surface area contributed by atoms with Gasteiger partial charge in [0.15, 0.2) is 11.5 Å². The predicted molar refractivity (Wildman–Crippen MR) is 98.2 cm³/mol. The summed E-state index contributed by atoms with van der Waals surface area (Å²) in [6.45, 7) is 5.84. The van der Waals surface area contributed by atoms with Crippen LogP contribution in [0.3, 0.4) is 0 Å². The van der Waals surface area contributed by atoms with Gasteiger partial charge in [0.25, 0.3) is 0 Å². The predicted octanol–water partition coefficient (Wildman–Crippen LogP) is 1.19. The van der Waals surface area contributed by atoms with E-state index in [0.717, 1.165) is 24.4 Å². The molecule has 0 aliphatic carbocycles. The smallest absolute Gasteiger partial charge is 0.360 e. The highest BCUT2D eigenvalue weighted by Gasteiger charge is 2.21. The number of hydrogen-bond acceptors (Lipinski definition) is 9. The SMILES string of the molecule is CCOC(=O)c1cc(-c2ccc(S(=O)(=O)NCCN3CCOCC3)s2)on1. The van der Waals surface area contributed by atoms with E-state index in [-0.39, 0.29) is 16.5 Å². The maximum atomic E-state index is 12.5. The van der Waals surface area contributed by atoms with E-state index < -0.39 is 16.0 Å². The van der Waals surface area contributed by atoms with Crippen molar-refractivity contribution in [1.29, 1.82) is 0 Å². The number of carbonyl (C=O) groups excluding carboxylic acids is 1. The highest BCUT2D eigenvalue weighted by molar-refractivity contribution is 7.91. The summed E-state index contributed by atoms with van der Waals surface area (Å²) in [4.78, 5) is 14.4. The van der Waals surface area contributed by atoms with Crippen molar-refractivity contribution in [3.8, 4) is 10.6 Å². The molecule has 0 atom stereocenters. The minimum atomic E-state index is -3.61. The van der Waals surface area contributed by atoms with E-state index in [9.17, 15) is 13.2 Å². The Morgan fingerprint density at radius 3 is 2.89 bits per heavy atom. The summed E-state index contributed by atoms with van der Waals surface area (Å²) >= 11 is 1.05. The molecular weight excluding hydrogens is 394 g/mol. The summed E-state index contributed by atoms with van der Waals surface area (Å²) < 4.78 is 42.9. The van der Waals surface area contributed by atoms with Crippen molar-refractivity contribution in [1.82, 2.24) is 14.8 Å². The molecule has 0 bridgehead atoms. The molecule has 1 fully saturated rings. The average Bonchev–Trinajstić information content (AvgIpc) is 3.32. The van der Waals surface area contributed by atoms with Gasteiger partial charge in [0.2, 0.25) is 10.0 Å². The topological polar surface area (TPSA) is 111 Å². The molecule has 1 saturated heterocycles. The molecule has 0 radical (unpaired) electrons. The van der Waals surface area contributed by atoms with Gasteiger partial charge in [-0.2, -0.15) is 0 Å². The molecule has 3 heterocycles. The quantitative estimate of drug-likeness (QED) is 0.640. The van der Waals surface area contributed by atoms with Crippen molar-refractivity contribution in [3.63, 3.8) is 0 Å². The van der Waals surface area contributed by atoms with Crippen LogP contribution in [0.15, 0.2) is 26.9 Å². The van der Waals surface area contributed by atoms with Gasteiger partial charge < -0.3 is 14.0 Å². The fraction of sp³-hybridized carbons (Fsp3) is 0.500. The zero-order valence-corrected chi connectivity index (χ0v) is 16.5. The fourth-order valence-electron chi connectivity index (χ4n) is 2.52. The molecule has 0 aromatic carbocycles. The van der Waals surface area contributed by atoms with Gasteiger partial charge >= 0.3 is 5.97 Å². The standard InChI is InChI=1S/C16H21N3O6S2/c1-2-24-16(20)12-11-13(25-18-12)14-3-4-15(26-14)27(21,22)17-5-6-19-7-9-23-10-8-19/h3-4,11,17H,2,5-10H2,1H3. The Morgan fingerprint density at radius 1 is 1.37 bits per heavy atom. The minimum Gasteiger partial charge on any atom is -0.461 e. The lowest BCUT2D eigenvalue weighted by Gasteiger charge is -2.26. The zero-order chi connectivity index (χ0) is 19.3. The first-order chi connectivity index (χ1) is 13.0. The third-order valence-electron chi connectivity index (χ3n) is 3.91. The Bertz CT molecular complexity index is 870. The van der Waals surface area contributed by atoms with Gasteiger partial charge in [0.1, 0.15) is 4.21 Å². The molecule has 0 saturated carbocycles. The Kier molecular flexibility index (Phi) is 6.60. The number of ether oxygens (including phenoxy) is 2. The summed E-state index contributed by atoms with van der Waals surface area (Å²) in [6, 6.07) is 4.56. The average molecular weight is 415 g/mol. The van der Waals surface area contributed by atoms with Gasteiger partial charge in [0, 0.05) is 32.2 Å². The first-order valence-corrected chi connectivity index (χ1v) is 10.8. The third kappa shape index (κ3) is 5.14. The molecule has 11 heteroatoms. The molecule has 27 heavy (non-hydrogen) atoms. The number of carbonyl (C=O) groups is 1. The molecule has 9 nitrogen and oxygen atoms in total. The van der Waals surface area contributed by atoms with Crippen LogP contribution in [-0.2, 0) is 19.5 Å². The fourth-order valence-corrected chi connectivity index (χ4v) is 4.84. The first-order valence-electron chi connectivity index (χ1n) is 8.53. The summed E-state index contributed by atoms with van der Waals surface area (Å²) in [6.07, 6.45) is 0. The van der Waals surface area contributed by atoms with Crippen molar-refractivity contribution >= 4 is 27.3 Å². The maximum absolute atomic E-state index is 12.5. The molecule has 1 aliphatic heterocycles. The molecule has 1 N–H and O–H groups in total. The molecule has 0 unspecified atom stereocenters. The van der Waals surface area contributed by atoms with Crippen LogP contribution in [0.1, 0.15) is 17.4 Å². The van der Waals surface area contributed by atoms with Crippen LogP contribution in [0.2, 0.25) is 0 Å². The summed E-state index contributed by atoms with van der Waals surface area (Å²) in [7, 11) is -3.61. The van der Waals surface area contributed by atoms with E-state index in [4.69, 9.17) is 14.0 Å². The molecule has 1 aliphatic rings. The highest BCUT2D eigenvalue weighted by atomic mass is 32.2. The van der Waals surface area contributed by atoms with Gasteiger partial charge in [-0.25, -0.2) is 17.9 Å². The molecule has 148 valence electrons. The molecule has 0 amide bonds. The van der Waals surface area contributed by atoms with E-state index in [2.05, 4.69) is 14.8 Å². The van der Waals surface area contributed by atoms with Crippen molar-refractivity contribution < 1.29 is 27.2 Å². The van der Waals surface area contributed by atoms with E-state index in [1.165, 1.54) is 12.1 Å². The number of morpholine rings is 1. The Balaban J connectivity index is 1.61. The number of sulfonamides is 1. The van der Waals surface area contributed by atoms with E-state index in [1.807, 2.05) is 0 Å². The number of nitrogens with zero attached hydrogens (tertiary/aromatic N) is 2. The van der Waals surface area contributed by atoms with Crippen LogP contribution >= 0.6 is 11.3 Å². The van der Waals surface area contributed by atoms with Crippen LogP contribution < -0.4 is 4.72 Å². The lowest BCUT2D eigenvalue weighted by molar-refractivity contribution is 0.0390. The second kappa shape index (κ2) is 8.93. The third-order valence-corrected chi connectivity index (χ3v) is 6.96. The van der Waals surface area contributed by atoms with Crippen LogP contribution in [0.4, 0.5) is 0 Å². The van der Waals surface area contributed by atoms with Crippen LogP contribution in [0, 0.1) is 0 Å². The van der Waals surface area contributed by atoms with Gasteiger partial charge in [-0.1, -0.05) is 5.16 Å². The van der Waals surface area contributed by atoms with Crippen molar-refractivity contribution in [2.45, 2.75) is 11.1 Å². The molecule has 2 aromatic rings. The van der Waals surface area contributed by atoms with E-state index >= 15 is 0 Å². The lowest BCUT2D eigenvalue weighted by atomic mass is 10.3. The van der Waals surface area contributed by atoms with Gasteiger partial charge in [0.05, 0.1) is 24.7 Å². The minimum absolute atomic E-state index is 0.0493. The van der Waals surface area contributed by atoms with Gasteiger partial charge in [-0.05, 0) is 19.1 Å². The number of rotatable bonds is 8. The lowest BCUT2D eigenvalue weighted by Crippen LogP contribution is -2.41.